The molecule has 0 aliphatic carbocycles. The van der Waals surface area contributed by atoms with Crippen molar-refractivity contribution < 1.29 is 4.79 Å². The zero-order valence-electron chi connectivity index (χ0n) is 13.3. The van der Waals surface area contributed by atoms with Crippen LogP contribution >= 0.6 is 11.3 Å². The second-order valence-electron chi connectivity index (χ2n) is 5.85. The summed E-state index contributed by atoms with van der Waals surface area (Å²) in [4.78, 5) is 16.7. The Balaban J connectivity index is 1.96. The van der Waals surface area contributed by atoms with Crippen LogP contribution in [0.1, 0.15) is 36.5 Å². The molecule has 0 unspecified atom stereocenters. The first kappa shape index (κ1) is 16.5. The van der Waals surface area contributed by atoms with Crippen molar-refractivity contribution in [1.29, 1.82) is 0 Å². The summed E-state index contributed by atoms with van der Waals surface area (Å²) in [6, 6.07) is 7.66. The van der Waals surface area contributed by atoms with Gasteiger partial charge < -0.3 is 11.1 Å². The molecule has 1 aromatic carbocycles. The van der Waals surface area contributed by atoms with Crippen LogP contribution in [0.25, 0.3) is 0 Å². The third-order valence-corrected chi connectivity index (χ3v) is 4.26. The Morgan fingerprint density at radius 1 is 1.36 bits per heavy atom. The van der Waals surface area contributed by atoms with Gasteiger partial charge in [0.15, 0.2) is 0 Å². The first-order valence-electron chi connectivity index (χ1n) is 7.55. The summed E-state index contributed by atoms with van der Waals surface area (Å²) < 4.78 is 0. The molecule has 0 saturated heterocycles. The number of para-hydroxylation sites is 1. The molecular weight excluding hydrogens is 294 g/mol. The van der Waals surface area contributed by atoms with Crippen LogP contribution in [0.5, 0.6) is 0 Å². The van der Waals surface area contributed by atoms with Crippen molar-refractivity contribution in [2.75, 3.05) is 11.1 Å². The van der Waals surface area contributed by atoms with E-state index in [1.54, 1.807) is 11.3 Å². The van der Waals surface area contributed by atoms with Crippen molar-refractivity contribution in [3.05, 3.63) is 40.5 Å². The molecule has 5 heteroatoms. The third-order valence-electron chi connectivity index (χ3n) is 3.34. The highest BCUT2D eigenvalue weighted by Crippen LogP contribution is 2.26. The van der Waals surface area contributed by atoms with Crippen LogP contribution in [0.2, 0.25) is 0 Å². The van der Waals surface area contributed by atoms with Crippen LogP contribution in [0.3, 0.4) is 0 Å². The molecule has 0 aliphatic heterocycles. The fraction of sp³-hybridized carbons (Fsp3) is 0.412. The Hall–Kier alpha value is -1.88. The molecule has 0 atom stereocenters. The number of amides is 1. The Bertz CT molecular complexity index is 649. The summed E-state index contributed by atoms with van der Waals surface area (Å²) in [7, 11) is 0. The Morgan fingerprint density at radius 3 is 2.77 bits per heavy atom. The minimum absolute atomic E-state index is 0.0110. The van der Waals surface area contributed by atoms with Crippen LogP contribution < -0.4 is 11.1 Å². The van der Waals surface area contributed by atoms with E-state index in [9.17, 15) is 4.79 Å². The maximum absolute atomic E-state index is 12.2. The number of nitrogen functional groups attached to an aromatic ring is 1. The number of nitrogens with zero attached hydrogens (tertiary/aromatic N) is 1. The number of hydrogen-bond donors (Lipinski definition) is 2. The Morgan fingerprint density at radius 2 is 2.09 bits per heavy atom. The van der Waals surface area contributed by atoms with Crippen molar-refractivity contribution >= 4 is 27.9 Å². The number of anilines is 2. The first-order chi connectivity index (χ1) is 10.5. The van der Waals surface area contributed by atoms with Gasteiger partial charge in [0, 0.05) is 12.1 Å². The normalized spacial score (nSPS) is 10.9. The minimum atomic E-state index is 0.0110. The highest BCUT2D eigenvalue weighted by atomic mass is 32.1. The van der Waals surface area contributed by atoms with E-state index >= 15 is 0 Å². The van der Waals surface area contributed by atoms with E-state index in [1.165, 1.54) is 0 Å². The van der Waals surface area contributed by atoms with Gasteiger partial charge in [0.1, 0.15) is 5.00 Å². The van der Waals surface area contributed by atoms with Gasteiger partial charge in [0.05, 0.1) is 10.7 Å². The van der Waals surface area contributed by atoms with Gasteiger partial charge in [0.2, 0.25) is 5.91 Å². The summed E-state index contributed by atoms with van der Waals surface area (Å²) in [6.07, 6.45) is 1.95. The van der Waals surface area contributed by atoms with E-state index < -0.39 is 0 Å². The second kappa shape index (κ2) is 7.40. The lowest BCUT2D eigenvalue weighted by Crippen LogP contribution is -2.13. The highest BCUT2D eigenvalue weighted by molar-refractivity contribution is 7.16. The van der Waals surface area contributed by atoms with E-state index in [0.717, 1.165) is 33.4 Å². The molecule has 0 fully saturated rings. The molecule has 1 heterocycles. The molecule has 2 aromatic rings. The summed E-state index contributed by atoms with van der Waals surface area (Å²) >= 11 is 1.54. The number of rotatable bonds is 6. The molecule has 0 radical (unpaired) electrons. The number of aryl methyl sites for hydroxylation is 2. The van der Waals surface area contributed by atoms with E-state index in [0.29, 0.717) is 18.8 Å². The SMILES string of the molecule is Cc1nc(CC(C)C)c(NC(=O)CCc2ccccc2N)s1. The number of hydrogen-bond acceptors (Lipinski definition) is 4. The lowest BCUT2D eigenvalue weighted by molar-refractivity contribution is -0.116. The molecule has 2 rings (SSSR count). The van der Waals surface area contributed by atoms with E-state index in [1.807, 2.05) is 31.2 Å². The predicted octanol–water partition coefficient (Wildman–Crippen LogP) is 3.80. The lowest BCUT2D eigenvalue weighted by Gasteiger charge is -2.08. The molecule has 0 spiro atoms. The zero-order chi connectivity index (χ0) is 16.1. The van der Waals surface area contributed by atoms with Crippen molar-refractivity contribution in [2.24, 2.45) is 5.92 Å². The van der Waals surface area contributed by atoms with E-state index in [2.05, 4.69) is 24.1 Å². The Labute approximate surface area is 135 Å². The summed E-state index contributed by atoms with van der Waals surface area (Å²) in [6.45, 7) is 6.27. The largest absolute Gasteiger partial charge is 0.399 e. The lowest BCUT2D eigenvalue weighted by atomic mass is 10.1. The number of nitrogens with one attached hydrogen (secondary N) is 1. The molecule has 4 nitrogen and oxygen atoms in total. The molecule has 3 N–H and O–H groups in total. The van der Waals surface area contributed by atoms with Crippen molar-refractivity contribution in [1.82, 2.24) is 4.98 Å². The standard InChI is InChI=1S/C17H23N3OS/c1-11(2)10-15-17(22-12(3)19-15)20-16(21)9-8-13-6-4-5-7-14(13)18/h4-7,11H,8-10,18H2,1-3H3,(H,20,21). The molecule has 118 valence electrons. The molecule has 0 bridgehead atoms. The van der Waals surface area contributed by atoms with E-state index in [-0.39, 0.29) is 5.91 Å². The summed E-state index contributed by atoms with van der Waals surface area (Å²) in [5.41, 5.74) is 8.65. The molecule has 1 aromatic heterocycles. The predicted molar refractivity (Wildman–Crippen MR) is 93.2 cm³/mol. The van der Waals surface area contributed by atoms with Gasteiger partial charge in [-0.15, -0.1) is 11.3 Å². The van der Waals surface area contributed by atoms with Gasteiger partial charge in [0.25, 0.3) is 0 Å². The van der Waals surface area contributed by atoms with Gasteiger partial charge in [-0.1, -0.05) is 32.0 Å². The monoisotopic (exact) mass is 317 g/mol. The average Bonchev–Trinajstić information content (AvgIpc) is 2.77. The highest BCUT2D eigenvalue weighted by Gasteiger charge is 2.13. The molecule has 0 aliphatic rings. The fourth-order valence-electron chi connectivity index (χ4n) is 2.29. The van der Waals surface area contributed by atoms with Crippen LogP contribution in [0.4, 0.5) is 10.7 Å². The number of carbonyl (C=O) groups excluding carboxylic acids is 1. The van der Waals surface area contributed by atoms with Crippen LogP contribution in [0, 0.1) is 12.8 Å². The van der Waals surface area contributed by atoms with Crippen molar-refractivity contribution in [2.45, 2.75) is 40.0 Å². The number of benzene rings is 1. The maximum Gasteiger partial charge on any atom is 0.225 e. The van der Waals surface area contributed by atoms with Gasteiger partial charge in [-0.05, 0) is 37.3 Å². The van der Waals surface area contributed by atoms with E-state index in [4.69, 9.17) is 5.73 Å². The van der Waals surface area contributed by atoms with Gasteiger partial charge in [-0.25, -0.2) is 4.98 Å². The van der Waals surface area contributed by atoms with Gasteiger partial charge in [-0.3, -0.25) is 4.79 Å². The van der Waals surface area contributed by atoms with Gasteiger partial charge in [-0.2, -0.15) is 0 Å². The maximum atomic E-state index is 12.2. The number of nitrogens with two attached hydrogens (primary N) is 1. The van der Waals surface area contributed by atoms with Crippen molar-refractivity contribution in [3.63, 3.8) is 0 Å². The van der Waals surface area contributed by atoms with Crippen LogP contribution in [0.15, 0.2) is 24.3 Å². The topological polar surface area (TPSA) is 68.0 Å². The first-order valence-corrected chi connectivity index (χ1v) is 8.37. The van der Waals surface area contributed by atoms with Crippen LogP contribution in [-0.4, -0.2) is 10.9 Å². The van der Waals surface area contributed by atoms with Gasteiger partial charge >= 0.3 is 0 Å². The smallest absolute Gasteiger partial charge is 0.225 e. The number of aromatic nitrogens is 1. The minimum Gasteiger partial charge on any atom is -0.399 e. The molecular formula is C17H23N3OS. The number of carbonyl (C=O) groups is 1. The molecule has 22 heavy (non-hydrogen) atoms. The Kier molecular flexibility index (Phi) is 5.55. The third kappa shape index (κ3) is 4.56. The second-order valence-corrected chi connectivity index (χ2v) is 7.06. The molecule has 1 amide bonds. The van der Waals surface area contributed by atoms with Crippen LogP contribution in [-0.2, 0) is 17.6 Å². The molecule has 0 saturated carbocycles. The number of thiazole rings is 1. The zero-order valence-corrected chi connectivity index (χ0v) is 14.2. The summed E-state index contributed by atoms with van der Waals surface area (Å²) in [5.74, 6) is 0.526. The average molecular weight is 317 g/mol. The summed E-state index contributed by atoms with van der Waals surface area (Å²) in [5, 5.41) is 4.87. The van der Waals surface area contributed by atoms with Crippen molar-refractivity contribution in [3.8, 4) is 0 Å². The fourth-order valence-corrected chi connectivity index (χ4v) is 3.16. The quantitative estimate of drug-likeness (QED) is 0.796.